The van der Waals surface area contributed by atoms with Gasteiger partial charge >= 0.3 is 0 Å². The van der Waals surface area contributed by atoms with E-state index in [1.807, 2.05) is 0 Å². The van der Waals surface area contributed by atoms with Gasteiger partial charge in [0, 0.05) is 18.4 Å². The van der Waals surface area contributed by atoms with Gasteiger partial charge in [0.1, 0.15) is 0 Å². The molecule has 0 bridgehead atoms. The zero-order valence-corrected chi connectivity index (χ0v) is 14.3. The lowest BCUT2D eigenvalue weighted by molar-refractivity contribution is -0.0851. The van der Waals surface area contributed by atoms with Crippen molar-refractivity contribution in [2.24, 2.45) is 5.92 Å². The molecule has 0 aliphatic carbocycles. The van der Waals surface area contributed by atoms with Crippen LogP contribution in [-0.4, -0.2) is 30.8 Å². The highest BCUT2D eigenvalue weighted by Gasteiger charge is 2.42. The monoisotopic (exact) mass is 305 g/mol. The molecule has 0 saturated carbocycles. The number of benzene rings is 1. The van der Waals surface area contributed by atoms with Crippen molar-refractivity contribution in [2.45, 2.75) is 44.8 Å². The SMILES string of the molecule is CNC(c1c(C)cccc1C)C1CCOC2(CCSC2)C1. The Morgan fingerprint density at radius 2 is 2.10 bits per heavy atom. The largest absolute Gasteiger partial charge is 0.374 e. The van der Waals surface area contributed by atoms with Crippen LogP contribution in [0.2, 0.25) is 0 Å². The lowest BCUT2D eigenvalue weighted by Crippen LogP contribution is -2.43. The molecule has 2 aliphatic heterocycles. The Morgan fingerprint density at radius 1 is 1.33 bits per heavy atom. The molecule has 2 fully saturated rings. The number of aryl methyl sites for hydroxylation is 2. The summed E-state index contributed by atoms with van der Waals surface area (Å²) in [6.45, 7) is 5.41. The van der Waals surface area contributed by atoms with Crippen LogP contribution in [0, 0.1) is 19.8 Å². The second-order valence-electron chi connectivity index (χ2n) is 6.66. The Morgan fingerprint density at radius 3 is 2.71 bits per heavy atom. The molecule has 0 radical (unpaired) electrons. The van der Waals surface area contributed by atoms with E-state index in [2.05, 4.69) is 56.2 Å². The van der Waals surface area contributed by atoms with E-state index in [-0.39, 0.29) is 5.60 Å². The van der Waals surface area contributed by atoms with E-state index < -0.39 is 0 Å². The summed E-state index contributed by atoms with van der Waals surface area (Å²) in [6, 6.07) is 7.11. The lowest BCUT2D eigenvalue weighted by Gasteiger charge is -2.41. The first-order valence-electron chi connectivity index (χ1n) is 8.10. The number of ether oxygens (including phenoxy) is 1. The van der Waals surface area contributed by atoms with Gasteiger partial charge in [-0.1, -0.05) is 18.2 Å². The first kappa shape index (κ1) is 15.4. The van der Waals surface area contributed by atoms with Gasteiger partial charge in [0.2, 0.25) is 0 Å². The Labute approximate surface area is 133 Å². The predicted molar refractivity (Wildman–Crippen MR) is 91.1 cm³/mol. The second kappa shape index (κ2) is 6.31. The summed E-state index contributed by atoms with van der Waals surface area (Å²) in [7, 11) is 2.11. The highest BCUT2D eigenvalue weighted by molar-refractivity contribution is 7.99. The molecule has 2 nitrogen and oxygen atoms in total. The molecule has 3 atom stereocenters. The average Bonchev–Trinajstić information content (AvgIpc) is 2.91. The van der Waals surface area contributed by atoms with Crippen molar-refractivity contribution in [3.05, 3.63) is 34.9 Å². The Kier molecular flexibility index (Phi) is 4.63. The number of rotatable bonds is 3. The van der Waals surface area contributed by atoms with Crippen LogP contribution in [0.15, 0.2) is 18.2 Å². The Bertz CT molecular complexity index is 476. The summed E-state index contributed by atoms with van der Waals surface area (Å²) in [5.41, 5.74) is 4.50. The number of nitrogens with one attached hydrogen (secondary N) is 1. The number of hydrogen-bond donors (Lipinski definition) is 1. The van der Waals surface area contributed by atoms with Crippen LogP contribution in [0.25, 0.3) is 0 Å². The van der Waals surface area contributed by atoms with Gasteiger partial charge in [-0.25, -0.2) is 0 Å². The molecule has 116 valence electrons. The van der Waals surface area contributed by atoms with Crippen LogP contribution in [0.4, 0.5) is 0 Å². The van der Waals surface area contributed by atoms with Gasteiger partial charge < -0.3 is 10.1 Å². The minimum atomic E-state index is 0.166. The molecule has 3 rings (SSSR count). The predicted octanol–water partition coefficient (Wildman–Crippen LogP) is 3.87. The number of thioether (sulfide) groups is 1. The molecule has 2 heterocycles. The van der Waals surface area contributed by atoms with E-state index in [0.717, 1.165) is 6.61 Å². The van der Waals surface area contributed by atoms with Gasteiger partial charge in [-0.3, -0.25) is 0 Å². The third-order valence-corrected chi connectivity index (χ3v) is 6.46. The first-order valence-corrected chi connectivity index (χ1v) is 9.26. The van der Waals surface area contributed by atoms with Crippen molar-refractivity contribution >= 4 is 11.8 Å². The minimum absolute atomic E-state index is 0.166. The van der Waals surface area contributed by atoms with Gasteiger partial charge in [0.05, 0.1) is 5.60 Å². The topological polar surface area (TPSA) is 21.3 Å². The van der Waals surface area contributed by atoms with Gasteiger partial charge in [-0.15, -0.1) is 0 Å². The summed E-state index contributed by atoms with van der Waals surface area (Å²) in [5, 5.41) is 3.61. The average molecular weight is 305 g/mol. The van der Waals surface area contributed by atoms with Gasteiger partial charge in [0.25, 0.3) is 0 Å². The molecular weight excluding hydrogens is 278 g/mol. The van der Waals surface area contributed by atoms with E-state index in [1.165, 1.54) is 47.5 Å². The third kappa shape index (κ3) is 3.01. The molecule has 21 heavy (non-hydrogen) atoms. The van der Waals surface area contributed by atoms with Crippen LogP contribution >= 0.6 is 11.8 Å². The summed E-state index contributed by atoms with van der Waals surface area (Å²) in [5.74, 6) is 3.13. The van der Waals surface area contributed by atoms with Crippen LogP contribution in [0.5, 0.6) is 0 Å². The highest BCUT2D eigenvalue weighted by Crippen LogP contribution is 2.44. The molecule has 2 saturated heterocycles. The zero-order valence-electron chi connectivity index (χ0n) is 13.4. The van der Waals surface area contributed by atoms with E-state index in [1.54, 1.807) is 0 Å². The molecule has 2 aliphatic rings. The maximum absolute atomic E-state index is 6.20. The lowest BCUT2D eigenvalue weighted by atomic mass is 9.77. The van der Waals surface area contributed by atoms with Crippen molar-refractivity contribution in [2.75, 3.05) is 25.2 Å². The maximum atomic E-state index is 6.20. The molecule has 1 N–H and O–H groups in total. The van der Waals surface area contributed by atoms with E-state index in [4.69, 9.17) is 4.74 Å². The summed E-state index contributed by atoms with van der Waals surface area (Å²) in [6.07, 6.45) is 3.61. The van der Waals surface area contributed by atoms with Crippen molar-refractivity contribution in [3.63, 3.8) is 0 Å². The zero-order chi connectivity index (χ0) is 14.9. The van der Waals surface area contributed by atoms with Crippen LogP contribution in [-0.2, 0) is 4.74 Å². The molecular formula is C18H27NOS. The Hall–Kier alpha value is -0.510. The molecule has 0 aromatic heterocycles. The van der Waals surface area contributed by atoms with Crippen molar-refractivity contribution < 1.29 is 4.74 Å². The van der Waals surface area contributed by atoms with Gasteiger partial charge in [-0.2, -0.15) is 11.8 Å². The summed E-state index contributed by atoms with van der Waals surface area (Å²) in [4.78, 5) is 0. The van der Waals surface area contributed by atoms with Crippen LogP contribution < -0.4 is 5.32 Å². The minimum Gasteiger partial charge on any atom is -0.374 e. The molecule has 1 spiro atoms. The fourth-order valence-electron chi connectivity index (χ4n) is 4.15. The van der Waals surface area contributed by atoms with Gasteiger partial charge in [0.15, 0.2) is 0 Å². The molecule has 0 amide bonds. The first-order chi connectivity index (χ1) is 10.2. The van der Waals surface area contributed by atoms with Crippen molar-refractivity contribution in [1.82, 2.24) is 5.32 Å². The molecule has 3 unspecified atom stereocenters. The third-order valence-electron chi connectivity index (χ3n) is 5.23. The number of hydrogen-bond acceptors (Lipinski definition) is 3. The normalized spacial score (nSPS) is 30.7. The standard InChI is InChI=1S/C18H27NOS/c1-13-5-4-6-14(2)16(13)17(19-3)15-7-9-20-18(11-15)8-10-21-12-18/h4-6,15,17,19H,7-12H2,1-3H3. The van der Waals surface area contributed by atoms with Gasteiger partial charge in [-0.05, 0) is 68.5 Å². The highest BCUT2D eigenvalue weighted by atomic mass is 32.2. The molecule has 1 aromatic carbocycles. The fraction of sp³-hybridized carbons (Fsp3) is 0.667. The van der Waals surface area contributed by atoms with E-state index in [9.17, 15) is 0 Å². The van der Waals surface area contributed by atoms with Crippen molar-refractivity contribution in [3.8, 4) is 0 Å². The van der Waals surface area contributed by atoms with Crippen molar-refractivity contribution in [1.29, 1.82) is 0 Å². The summed E-state index contributed by atoms with van der Waals surface area (Å²) >= 11 is 2.06. The van der Waals surface area contributed by atoms with Crippen LogP contribution in [0.3, 0.4) is 0 Å². The quantitative estimate of drug-likeness (QED) is 0.916. The van der Waals surface area contributed by atoms with Crippen LogP contribution in [0.1, 0.15) is 42.0 Å². The fourth-order valence-corrected chi connectivity index (χ4v) is 5.53. The second-order valence-corrected chi connectivity index (χ2v) is 7.76. The smallest absolute Gasteiger partial charge is 0.0783 e. The molecule has 1 aromatic rings. The van der Waals surface area contributed by atoms with E-state index >= 15 is 0 Å². The van der Waals surface area contributed by atoms with E-state index in [0.29, 0.717) is 12.0 Å². The maximum Gasteiger partial charge on any atom is 0.0783 e. The molecule has 3 heteroatoms. The summed E-state index contributed by atoms with van der Waals surface area (Å²) < 4.78 is 6.20. The Balaban J connectivity index is 1.86.